The number of nitrogens with one attached hydrogen (secondary N) is 2. The summed E-state index contributed by atoms with van der Waals surface area (Å²) in [5.41, 5.74) is 5.91. The molecule has 1 aromatic heterocycles. The lowest BCUT2D eigenvalue weighted by atomic mass is 10.2. The van der Waals surface area contributed by atoms with Gasteiger partial charge in [0.1, 0.15) is 5.69 Å². The van der Waals surface area contributed by atoms with Gasteiger partial charge in [-0.15, -0.1) is 5.10 Å². The molecule has 4 rings (SSSR count). The Kier molecular flexibility index (Phi) is 7.15. The highest BCUT2D eigenvalue weighted by Crippen LogP contribution is 2.24. The van der Waals surface area contributed by atoms with E-state index in [0.29, 0.717) is 15.7 Å². The summed E-state index contributed by atoms with van der Waals surface area (Å²) < 4.78 is 1.95. The number of aromatic nitrogens is 3. The molecule has 34 heavy (non-hydrogen) atoms. The summed E-state index contributed by atoms with van der Waals surface area (Å²) in [4.78, 5) is 12.3. The van der Waals surface area contributed by atoms with E-state index >= 15 is 0 Å². The van der Waals surface area contributed by atoms with Gasteiger partial charge < -0.3 is 10.2 Å². The van der Waals surface area contributed by atoms with Gasteiger partial charge in [-0.3, -0.25) is 4.79 Å². The molecule has 0 aliphatic carbocycles. The minimum absolute atomic E-state index is 0.0783. The molecule has 172 valence electrons. The average Bonchev–Trinajstić information content (AvgIpc) is 3.25. The predicted octanol–water partition coefficient (Wildman–Crippen LogP) is 3.97. The maximum atomic E-state index is 12.3. The van der Waals surface area contributed by atoms with Crippen LogP contribution >= 0.6 is 23.4 Å². The first-order chi connectivity index (χ1) is 16.4. The van der Waals surface area contributed by atoms with Gasteiger partial charge in [-0.05, 0) is 78.8 Å². The highest BCUT2D eigenvalue weighted by Gasteiger charge is 2.24. The summed E-state index contributed by atoms with van der Waals surface area (Å²) in [6.45, 7) is 2.02. The van der Waals surface area contributed by atoms with Crippen molar-refractivity contribution in [1.82, 2.24) is 15.6 Å². The van der Waals surface area contributed by atoms with Crippen LogP contribution in [-0.4, -0.2) is 38.3 Å². The van der Waals surface area contributed by atoms with Crippen LogP contribution in [0.4, 0.5) is 0 Å². The van der Waals surface area contributed by atoms with Crippen molar-refractivity contribution < 1.29 is 19.6 Å². The van der Waals surface area contributed by atoms with Crippen molar-refractivity contribution in [3.05, 3.63) is 82.9 Å². The van der Waals surface area contributed by atoms with Crippen LogP contribution in [0.3, 0.4) is 0 Å². The molecule has 0 unspecified atom stereocenters. The Hall–Kier alpha value is -3.82. The number of halogens is 1. The van der Waals surface area contributed by atoms with Crippen LogP contribution < -0.4 is 9.99 Å². The first-order valence-corrected chi connectivity index (χ1v) is 11.6. The molecule has 0 saturated carbocycles. The molecule has 0 atom stereocenters. The van der Waals surface area contributed by atoms with E-state index in [0.717, 1.165) is 22.6 Å². The second-order valence-electron chi connectivity index (χ2n) is 7.36. The molecular weight excluding hydrogens is 474 g/mol. The van der Waals surface area contributed by atoms with Crippen LogP contribution in [0.15, 0.2) is 77.0 Å². The zero-order valence-corrected chi connectivity index (χ0v) is 19.6. The molecule has 0 bridgehead atoms. The number of carbonyl (C=O) groups excluding carboxylic acids is 1. The largest absolute Gasteiger partial charge is 0.504 e. The van der Waals surface area contributed by atoms with Crippen molar-refractivity contribution in [3.63, 3.8) is 0 Å². The minimum Gasteiger partial charge on any atom is -0.504 e. The lowest BCUT2D eigenvalue weighted by molar-refractivity contribution is -0.625. The van der Waals surface area contributed by atoms with Crippen molar-refractivity contribution in [2.75, 3.05) is 5.75 Å². The van der Waals surface area contributed by atoms with Crippen LogP contribution in [0.25, 0.3) is 17.1 Å². The number of hydrogen-bond donors (Lipinski definition) is 4. The third-order valence-corrected chi connectivity index (χ3v) is 6.01. The molecule has 10 heteroatoms. The van der Waals surface area contributed by atoms with E-state index < -0.39 is 0 Å². The Morgan fingerprint density at radius 3 is 2.56 bits per heavy atom. The molecule has 0 radical (unpaired) electrons. The normalized spacial score (nSPS) is 11.1. The van der Waals surface area contributed by atoms with Gasteiger partial charge in [0.05, 0.1) is 22.6 Å². The summed E-state index contributed by atoms with van der Waals surface area (Å²) >= 11 is 7.30. The number of aromatic hydroxyl groups is 2. The number of carbonyl (C=O) groups is 1. The van der Waals surface area contributed by atoms with Gasteiger partial charge in [0.2, 0.25) is 0 Å². The summed E-state index contributed by atoms with van der Waals surface area (Å²) in [6.07, 6.45) is 1.38. The maximum absolute atomic E-state index is 12.3. The Morgan fingerprint density at radius 2 is 1.85 bits per heavy atom. The van der Waals surface area contributed by atoms with Crippen LogP contribution in [0.2, 0.25) is 5.02 Å². The van der Waals surface area contributed by atoms with Crippen LogP contribution in [-0.2, 0) is 4.79 Å². The van der Waals surface area contributed by atoms with Gasteiger partial charge in [-0.25, -0.2) is 5.43 Å². The molecule has 0 saturated heterocycles. The van der Waals surface area contributed by atoms with Crippen LogP contribution in [0.5, 0.6) is 11.5 Å². The minimum atomic E-state index is -0.323. The first kappa shape index (κ1) is 23.3. The van der Waals surface area contributed by atoms with Gasteiger partial charge >= 0.3 is 5.16 Å². The number of nitrogens with zero attached hydrogens (tertiary/aromatic N) is 3. The molecule has 1 amide bonds. The number of aryl methyl sites for hydroxylation is 1. The molecule has 3 aromatic carbocycles. The van der Waals surface area contributed by atoms with Gasteiger partial charge in [0.25, 0.3) is 11.7 Å². The number of rotatable bonds is 7. The lowest BCUT2D eigenvalue weighted by Crippen LogP contribution is -2.34. The fourth-order valence-electron chi connectivity index (χ4n) is 3.09. The second-order valence-corrected chi connectivity index (χ2v) is 8.74. The van der Waals surface area contributed by atoms with Crippen molar-refractivity contribution in [1.29, 1.82) is 0 Å². The van der Waals surface area contributed by atoms with Crippen molar-refractivity contribution >= 4 is 35.5 Å². The van der Waals surface area contributed by atoms with E-state index in [1.807, 2.05) is 60.0 Å². The van der Waals surface area contributed by atoms with Gasteiger partial charge in [0.15, 0.2) is 11.5 Å². The van der Waals surface area contributed by atoms with E-state index in [4.69, 9.17) is 11.6 Å². The van der Waals surface area contributed by atoms with E-state index in [9.17, 15) is 15.0 Å². The summed E-state index contributed by atoms with van der Waals surface area (Å²) in [6, 6.07) is 19.7. The number of amides is 1. The number of H-pyrrole nitrogens is 1. The standard InChI is InChI=1S/C24H20ClN5O3S/c1-15-2-9-19(10-3-15)30-23(17-5-7-18(25)8-6-17)28-29-24(30)34-14-22(33)27-26-13-16-4-11-20(31)21(32)12-16/h2-13H,14H2,1H3,(H3,26,27,31,32,33)/p+1. The van der Waals surface area contributed by atoms with Gasteiger partial charge in [-0.1, -0.05) is 29.3 Å². The third-order valence-electron chi connectivity index (χ3n) is 4.82. The van der Waals surface area contributed by atoms with E-state index in [1.54, 1.807) is 6.07 Å². The molecule has 0 spiro atoms. The lowest BCUT2D eigenvalue weighted by Gasteiger charge is -2.05. The highest BCUT2D eigenvalue weighted by molar-refractivity contribution is 7.99. The predicted molar refractivity (Wildman–Crippen MR) is 132 cm³/mol. The van der Waals surface area contributed by atoms with Crippen molar-refractivity contribution in [3.8, 4) is 28.6 Å². The number of hydrogen-bond acceptors (Lipinski definition) is 6. The monoisotopic (exact) mass is 494 g/mol. The molecule has 0 aliphatic rings. The number of phenols is 2. The van der Waals surface area contributed by atoms with E-state index in [2.05, 4.69) is 20.7 Å². The van der Waals surface area contributed by atoms with Crippen LogP contribution in [0, 0.1) is 6.92 Å². The number of aromatic amines is 1. The highest BCUT2D eigenvalue weighted by atomic mass is 35.5. The number of thioether (sulfide) groups is 1. The molecule has 4 aromatic rings. The van der Waals surface area contributed by atoms with Gasteiger partial charge in [-0.2, -0.15) is 9.67 Å². The average molecular weight is 495 g/mol. The van der Waals surface area contributed by atoms with Crippen LogP contribution in [0.1, 0.15) is 11.1 Å². The maximum Gasteiger partial charge on any atom is 0.342 e. The van der Waals surface area contributed by atoms with Crippen molar-refractivity contribution in [2.24, 2.45) is 5.10 Å². The third kappa shape index (κ3) is 5.56. The number of hydrazone groups is 1. The first-order valence-electron chi connectivity index (χ1n) is 10.2. The summed E-state index contributed by atoms with van der Waals surface area (Å²) in [7, 11) is 0. The molecule has 0 aliphatic heterocycles. The quantitative estimate of drug-likeness (QED) is 0.102. The molecule has 4 N–H and O–H groups in total. The fraction of sp³-hybridized carbons (Fsp3) is 0.0833. The van der Waals surface area contributed by atoms with Crippen molar-refractivity contribution in [2.45, 2.75) is 12.1 Å². The summed E-state index contributed by atoms with van der Waals surface area (Å²) in [5.74, 6) is 0.0249. The van der Waals surface area contributed by atoms with Gasteiger partial charge in [0, 0.05) is 5.02 Å². The number of benzene rings is 3. The Bertz CT molecular complexity index is 1340. The van der Waals surface area contributed by atoms with E-state index in [1.165, 1.54) is 30.1 Å². The second kappa shape index (κ2) is 10.4. The smallest absolute Gasteiger partial charge is 0.342 e. The Morgan fingerprint density at radius 1 is 1.12 bits per heavy atom. The SMILES string of the molecule is Cc1ccc(-[n+]2c(SCC(=O)N/N=C/c3ccc(O)c(O)c3)n[nH]c2-c2ccc(Cl)cc2)cc1. The topological polar surface area (TPSA) is 114 Å². The summed E-state index contributed by atoms with van der Waals surface area (Å²) in [5, 5.41) is 31.5. The molecule has 0 fully saturated rings. The van der Waals surface area contributed by atoms with E-state index in [-0.39, 0.29) is 23.2 Å². The Balaban J connectivity index is 1.50. The Labute approximate surface area is 204 Å². The molecule has 1 heterocycles. The molecular formula is C24H21ClN5O3S+. The molecule has 8 nitrogen and oxygen atoms in total. The fourth-order valence-corrected chi connectivity index (χ4v) is 3.98. The number of phenolic OH excluding ortho intramolecular Hbond substituents is 2. The zero-order valence-electron chi connectivity index (χ0n) is 18.1. The zero-order chi connectivity index (χ0) is 24.1.